The van der Waals surface area contributed by atoms with Crippen molar-refractivity contribution in [3.05, 3.63) is 11.6 Å². The van der Waals surface area contributed by atoms with Gasteiger partial charge in [-0.05, 0) is 53.4 Å². The predicted molar refractivity (Wildman–Crippen MR) is 152 cm³/mol. The highest BCUT2D eigenvalue weighted by Crippen LogP contribution is 2.30. The van der Waals surface area contributed by atoms with Crippen molar-refractivity contribution in [2.24, 2.45) is 11.7 Å². The average molecular weight is 556 g/mol. The molecule has 0 aromatic carbocycles. The van der Waals surface area contributed by atoms with Crippen LogP contribution in [0.3, 0.4) is 0 Å². The van der Waals surface area contributed by atoms with Crippen molar-refractivity contribution in [3.63, 3.8) is 0 Å². The van der Waals surface area contributed by atoms with Crippen LogP contribution in [0.15, 0.2) is 11.6 Å². The van der Waals surface area contributed by atoms with Crippen LogP contribution in [-0.4, -0.2) is 80.3 Å². The minimum Gasteiger partial charge on any atom is -0.462 e. The molecule has 0 spiro atoms. The number of amides is 3. The van der Waals surface area contributed by atoms with Gasteiger partial charge < -0.3 is 35.0 Å². The Morgan fingerprint density at radius 2 is 1.69 bits per heavy atom. The number of Topliss-reactive ketones (excluding diaryl/α,β-unsaturated/α-hetero) is 1. The number of nitrogens with two attached hydrogens (primary N) is 1. The first-order chi connectivity index (χ1) is 18.6. The molecule has 10 nitrogen and oxygen atoms in total. The summed E-state index contributed by atoms with van der Waals surface area (Å²) in [5.74, 6) is -0.182. The fourth-order valence-electron chi connectivity index (χ4n) is 4.60. The SMILES string of the molecule is CC.CC(=O)CCC(=O)N1CCC[C@H]1C(=O)OCCNC(N)=O.COC1CCCCC1C(C)OCC=C(C)C. The van der Waals surface area contributed by atoms with E-state index in [4.69, 9.17) is 19.9 Å². The van der Waals surface area contributed by atoms with E-state index >= 15 is 0 Å². The highest BCUT2D eigenvalue weighted by molar-refractivity contribution is 5.87. The van der Waals surface area contributed by atoms with E-state index < -0.39 is 18.0 Å². The summed E-state index contributed by atoms with van der Waals surface area (Å²) >= 11 is 0. The molecule has 10 heteroatoms. The van der Waals surface area contributed by atoms with Crippen LogP contribution in [0, 0.1) is 5.92 Å². The summed E-state index contributed by atoms with van der Waals surface area (Å²) in [4.78, 5) is 46.7. The Balaban J connectivity index is 0.000000718. The molecule has 2 aliphatic rings. The fourth-order valence-corrected chi connectivity index (χ4v) is 4.60. The first-order valence-electron chi connectivity index (χ1n) is 14.3. The third kappa shape index (κ3) is 15.7. The number of carbonyl (C=O) groups excluding carboxylic acids is 4. The smallest absolute Gasteiger partial charge is 0.328 e. The maximum absolute atomic E-state index is 12.0. The van der Waals surface area contributed by atoms with Gasteiger partial charge in [-0.1, -0.05) is 38.3 Å². The number of urea groups is 1. The van der Waals surface area contributed by atoms with Gasteiger partial charge in [0.15, 0.2) is 0 Å². The average Bonchev–Trinajstić information content (AvgIpc) is 3.41. The number of nitrogens with one attached hydrogen (secondary N) is 1. The zero-order chi connectivity index (χ0) is 29.8. The summed E-state index contributed by atoms with van der Waals surface area (Å²) in [6, 6.07) is -1.29. The third-order valence-electron chi connectivity index (χ3n) is 6.69. The van der Waals surface area contributed by atoms with E-state index in [1.807, 2.05) is 21.0 Å². The lowest BCUT2D eigenvalue weighted by molar-refractivity contribution is -0.153. The molecule has 1 saturated carbocycles. The van der Waals surface area contributed by atoms with Gasteiger partial charge >= 0.3 is 12.0 Å². The number of hydrogen-bond acceptors (Lipinski definition) is 7. The van der Waals surface area contributed by atoms with E-state index in [9.17, 15) is 19.2 Å². The summed E-state index contributed by atoms with van der Waals surface area (Å²) in [7, 11) is 1.83. The zero-order valence-electron chi connectivity index (χ0n) is 25.3. The Kier molecular flexibility index (Phi) is 20.0. The van der Waals surface area contributed by atoms with Crippen molar-refractivity contribution in [1.29, 1.82) is 0 Å². The summed E-state index contributed by atoms with van der Waals surface area (Å²) in [5, 5.41) is 2.30. The number of rotatable bonds is 12. The highest BCUT2D eigenvalue weighted by Gasteiger charge is 2.35. The molecule has 1 saturated heterocycles. The van der Waals surface area contributed by atoms with Crippen LogP contribution in [0.4, 0.5) is 4.79 Å². The highest BCUT2D eigenvalue weighted by atomic mass is 16.5. The Hall–Kier alpha value is -2.46. The van der Waals surface area contributed by atoms with Gasteiger partial charge in [0, 0.05) is 32.4 Å². The van der Waals surface area contributed by atoms with Crippen molar-refractivity contribution in [3.8, 4) is 0 Å². The van der Waals surface area contributed by atoms with E-state index in [0.29, 0.717) is 31.1 Å². The van der Waals surface area contributed by atoms with Gasteiger partial charge in [-0.25, -0.2) is 9.59 Å². The van der Waals surface area contributed by atoms with Crippen LogP contribution in [0.25, 0.3) is 0 Å². The van der Waals surface area contributed by atoms with Gasteiger partial charge in [-0.3, -0.25) is 4.79 Å². The van der Waals surface area contributed by atoms with Crippen molar-refractivity contribution in [2.75, 3.05) is 33.4 Å². The molecule has 226 valence electrons. The number of allylic oxidation sites excluding steroid dienone is 1. The molecule has 3 amide bonds. The first-order valence-corrected chi connectivity index (χ1v) is 14.3. The molecule has 0 radical (unpaired) electrons. The maximum atomic E-state index is 12.0. The zero-order valence-corrected chi connectivity index (χ0v) is 25.3. The van der Waals surface area contributed by atoms with Crippen LogP contribution >= 0.6 is 0 Å². The maximum Gasteiger partial charge on any atom is 0.328 e. The number of methoxy groups -OCH3 is 1. The Bertz CT molecular complexity index is 768. The predicted octanol–water partition coefficient (Wildman–Crippen LogP) is 4.15. The second-order valence-corrected chi connectivity index (χ2v) is 9.95. The van der Waals surface area contributed by atoms with Gasteiger partial charge in [0.25, 0.3) is 0 Å². The molecule has 39 heavy (non-hydrogen) atoms. The monoisotopic (exact) mass is 555 g/mol. The summed E-state index contributed by atoms with van der Waals surface area (Å²) < 4.78 is 16.4. The molecule has 0 bridgehead atoms. The normalized spacial score (nSPS) is 20.8. The molecule has 2 fully saturated rings. The number of carbonyl (C=O) groups is 4. The fraction of sp³-hybridized carbons (Fsp3) is 0.793. The lowest BCUT2D eigenvalue weighted by atomic mass is 9.83. The molecular formula is C29H53N3O7. The van der Waals surface area contributed by atoms with Crippen molar-refractivity contribution >= 4 is 23.7 Å². The number of ether oxygens (including phenoxy) is 3. The quantitative estimate of drug-likeness (QED) is 0.210. The minimum atomic E-state index is -0.687. The lowest BCUT2D eigenvalue weighted by Gasteiger charge is -2.34. The molecule has 3 unspecified atom stereocenters. The molecule has 1 aliphatic heterocycles. The molecule has 0 aromatic heterocycles. The second-order valence-electron chi connectivity index (χ2n) is 9.95. The second kappa shape index (κ2) is 21.4. The van der Waals surface area contributed by atoms with Gasteiger partial charge in [0.2, 0.25) is 5.91 Å². The first kappa shape index (κ1) is 36.5. The van der Waals surface area contributed by atoms with Crippen LogP contribution in [-0.2, 0) is 28.6 Å². The molecule has 2 rings (SSSR count). The van der Waals surface area contributed by atoms with Gasteiger partial charge in [0.05, 0.1) is 25.4 Å². The molecule has 3 N–H and O–H groups in total. The van der Waals surface area contributed by atoms with Crippen LogP contribution in [0.5, 0.6) is 0 Å². The molecule has 4 atom stereocenters. The summed E-state index contributed by atoms with van der Waals surface area (Å²) in [6.07, 6.45) is 9.47. The van der Waals surface area contributed by atoms with Crippen molar-refractivity contribution < 1.29 is 33.4 Å². The topological polar surface area (TPSA) is 137 Å². The van der Waals surface area contributed by atoms with Gasteiger partial charge in [-0.15, -0.1) is 0 Å². The number of likely N-dealkylation sites (tertiary alicyclic amines) is 1. The standard InChI is InChI=1S/C14H26O2.C13H21N3O5.C2H6/c1-11(2)9-10-16-12(3)13-7-5-6-8-14(13)15-4;1-9(17)4-5-11(18)16-7-2-3-10(16)12(19)21-8-6-15-13(14)20;1-2/h9,12-14H,5-8,10H2,1-4H3;10H,2-8H2,1H3,(H3,14,15,20);1-2H3/t;10-;/m.0./s1. The van der Waals surface area contributed by atoms with Crippen LogP contribution in [0.2, 0.25) is 0 Å². The van der Waals surface area contributed by atoms with Gasteiger partial charge in [-0.2, -0.15) is 0 Å². The molecule has 1 heterocycles. The number of esters is 1. The van der Waals surface area contributed by atoms with Crippen molar-refractivity contribution in [2.45, 2.75) is 111 Å². The summed E-state index contributed by atoms with van der Waals surface area (Å²) in [6.45, 7) is 13.2. The van der Waals surface area contributed by atoms with E-state index in [1.54, 1.807) is 0 Å². The molecule has 1 aliphatic carbocycles. The Labute approximate surface area is 235 Å². The molecular weight excluding hydrogens is 502 g/mol. The third-order valence-corrected chi connectivity index (χ3v) is 6.69. The van der Waals surface area contributed by atoms with E-state index in [0.717, 1.165) is 13.0 Å². The van der Waals surface area contributed by atoms with E-state index in [-0.39, 0.29) is 37.7 Å². The van der Waals surface area contributed by atoms with Crippen LogP contribution in [0.1, 0.15) is 92.9 Å². The number of nitrogens with zero attached hydrogens (tertiary/aromatic N) is 1. The number of ketones is 1. The van der Waals surface area contributed by atoms with Crippen LogP contribution < -0.4 is 11.1 Å². The van der Waals surface area contributed by atoms with E-state index in [1.165, 1.54) is 43.1 Å². The number of primary amides is 1. The minimum absolute atomic E-state index is 0.00769. The number of hydrogen-bond donors (Lipinski definition) is 2. The lowest BCUT2D eigenvalue weighted by Crippen LogP contribution is -2.42. The molecule has 0 aromatic rings. The largest absolute Gasteiger partial charge is 0.462 e. The Morgan fingerprint density at radius 3 is 2.28 bits per heavy atom. The summed E-state index contributed by atoms with van der Waals surface area (Å²) in [5.41, 5.74) is 6.20. The van der Waals surface area contributed by atoms with Crippen molar-refractivity contribution in [1.82, 2.24) is 10.2 Å². The van der Waals surface area contributed by atoms with E-state index in [2.05, 4.69) is 32.2 Å². The Morgan fingerprint density at radius 1 is 1.03 bits per heavy atom. The van der Waals surface area contributed by atoms with Gasteiger partial charge in [0.1, 0.15) is 18.4 Å².